The van der Waals surface area contributed by atoms with Gasteiger partial charge in [-0.3, -0.25) is 9.59 Å². The Morgan fingerprint density at radius 2 is 2.04 bits per heavy atom. The predicted octanol–water partition coefficient (Wildman–Crippen LogP) is 2.03. The fourth-order valence-electron chi connectivity index (χ4n) is 3.79. The molecule has 1 unspecified atom stereocenters. The number of benzene rings is 1. The summed E-state index contributed by atoms with van der Waals surface area (Å²) in [5.41, 5.74) is 1.09. The van der Waals surface area contributed by atoms with Gasteiger partial charge in [-0.15, -0.1) is 0 Å². The van der Waals surface area contributed by atoms with Crippen LogP contribution in [0.1, 0.15) is 37.2 Å². The molecule has 23 heavy (non-hydrogen) atoms. The topological polar surface area (TPSA) is 58.6 Å². The van der Waals surface area contributed by atoms with Crippen molar-refractivity contribution in [3.05, 3.63) is 29.6 Å². The molecule has 122 valence electrons. The molecule has 0 radical (unpaired) electrons. The number of hydrogen-bond donors (Lipinski definition) is 1. The summed E-state index contributed by atoms with van der Waals surface area (Å²) in [6, 6.07) is 4.18. The number of hydrogen-bond acceptors (Lipinski definition) is 3. The third-order valence-corrected chi connectivity index (χ3v) is 5.30. The lowest BCUT2D eigenvalue weighted by Crippen LogP contribution is -2.54. The number of nitrogens with one attached hydrogen (secondary N) is 1. The lowest BCUT2D eigenvalue weighted by molar-refractivity contribution is -0.177. The highest BCUT2D eigenvalue weighted by Crippen LogP contribution is 2.39. The van der Waals surface area contributed by atoms with Gasteiger partial charge in [-0.05, 0) is 43.0 Å². The van der Waals surface area contributed by atoms with E-state index < -0.39 is 11.7 Å². The molecular formula is C17H19FN2O3. The van der Waals surface area contributed by atoms with Crippen LogP contribution in [0.15, 0.2) is 18.2 Å². The molecule has 0 bridgehead atoms. The molecule has 3 aliphatic heterocycles. The molecule has 1 spiro atoms. The molecule has 4 rings (SSSR count). The van der Waals surface area contributed by atoms with E-state index in [1.54, 1.807) is 4.90 Å². The van der Waals surface area contributed by atoms with Crippen LogP contribution in [0.3, 0.4) is 0 Å². The summed E-state index contributed by atoms with van der Waals surface area (Å²) in [5.74, 6) is -1.26. The summed E-state index contributed by atoms with van der Waals surface area (Å²) < 4.78 is 19.2. The molecule has 3 aliphatic rings. The van der Waals surface area contributed by atoms with Crippen molar-refractivity contribution in [3.63, 3.8) is 0 Å². The molecule has 1 aromatic carbocycles. The van der Waals surface area contributed by atoms with Crippen molar-refractivity contribution in [1.82, 2.24) is 4.90 Å². The number of likely N-dealkylation sites (tertiary alicyclic amines) is 1. The Bertz CT molecular complexity index is 662. The first kappa shape index (κ1) is 14.6. The number of fused-ring (bicyclic) bond motifs is 1. The van der Waals surface area contributed by atoms with E-state index in [-0.39, 0.29) is 23.8 Å². The van der Waals surface area contributed by atoms with Gasteiger partial charge in [0.1, 0.15) is 5.82 Å². The first-order valence-electron chi connectivity index (χ1n) is 8.08. The van der Waals surface area contributed by atoms with Crippen molar-refractivity contribution < 1.29 is 18.7 Å². The molecule has 1 N–H and O–H groups in total. The molecular weight excluding hydrogens is 299 g/mol. The van der Waals surface area contributed by atoms with Crippen molar-refractivity contribution in [2.45, 2.75) is 37.2 Å². The molecule has 2 amide bonds. The van der Waals surface area contributed by atoms with Gasteiger partial charge in [0.05, 0.1) is 18.1 Å². The highest BCUT2D eigenvalue weighted by atomic mass is 19.1. The van der Waals surface area contributed by atoms with Crippen molar-refractivity contribution in [2.75, 3.05) is 25.0 Å². The highest BCUT2D eigenvalue weighted by Gasteiger charge is 2.43. The summed E-state index contributed by atoms with van der Waals surface area (Å²) in [6.45, 7) is 2.09. The van der Waals surface area contributed by atoms with Crippen molar-refractivity contribution in [3.8, 4) is 0 Å². The van der Waals surface area contributed by atoms with Crippen LogP contribution in [-0.2, 0) is 14.3 Å². The Balaban J connectivity index is 1.54. The van der Waals surface area contributed by atoms with Gasteiger partial charge < -0.3 is 15.0 Å². The van der Waals surface area contributed by atoms with Gasteiger partial charge >= 0.3 is 0 Å². The Kier molecular flexibility index (Phi) is 3.37. The largest absolute Gasteiger partial charge is 0.375 e. The van der Waals surface area contributed by atoms with Gasteiger partial charge in [-0.25, -0.2) is 4.39 Å². The monoisotopic (exact) mass is 318 g/mol. The summed E-state index contributed by atoms with van der Waals surface area (Å²) in [6.07, 6.45) is 2.82. The molecule has 1 aromatic rings. The molecule has 0 saturated carbocycles. The molecule has 5 nitrogen and oxygen atoms in total. The number of piperidine rings is 1. The molecule has 1 atom stereocenters. The van der Waals surface area contributed by atoms with Crippen LogP contribution in [0.25, 0.3) is 0 Å². The minimum atomic E-state index is -0.592. The van der Waals surface area contributed by atoms with E-state index in [4.69, 9.17) is 4.74 Å². The van der Waals surface area contributed by atoms with E-state index in [0.717, 1.165) is 25.9 Å². The normalized spacial score (nSPS) is 25.5. The SMILES string of the molecule is O=C1CC(C(=O)N2CCC3(CCO3)CC2)c2cc(F)ccc2N1. The second-order valence-corrected chi connectivity index (χ2v) is 6.64. The maximum atomic E-state index is 13.6. The molecule has 0 aliphatic carbocycles. The van der Waals surface area contributed by atoms with E-state index >= 15 is 0 Å². The quantitative estimate of drug-likeness (QED) is 0.862. The predicted molar refractivity (Wildman–Crippen MR) is 81.5 cm³/mol. The third-order valence-electron chi connectivity index (χ3n) is 5.30. The Morgan fingerprint density at radius 1 is 1.30 bits per heavy atom. The van der Waals surface area contributed by atoms with E-state index in [9.17, 15) is 14.0 Å². The van der Waals surface area contributed by atoms with E-state index in [1.165, 1.54) is 18.2 Å². The fourth-order valence-corrected chi connectivity index (χ4v) is 3.79. The summed E-state index contributed by atoms with van der Waals surface area (Å²) >= 11 is 0. The van der Waals surface area contributed by atoms with Crippen molar-refractivity contribution >= 4 is 17.5 Å². The lowest BCUT2D eigenvalue weighted by Gasteiger charge is -2.48. The van der Waals surface area contributed by atoms with Crippen LogP contribution >= 0.6 is 0 Å². The summed E-state index contributed by atoms with van der Waals surface area (Å²) in [4.78, 5) is 26.5. The standard InChI is InChI=1S/C17H19FN2O3/c18-11-1-2-14-12(9-11)13(10-15(21)19-14)16(22)20-6-3-17(4-7-20)5-8-23-17/h1-2,9,13H,3-8,10H2,(H,19,21). The lowest BCUT2D eigenvalue weighted by atomic mass is 9.83. The average Bonchev–Trinajstić information content (AvgIpc) is 2.52. The fraction of sp³-hybridized carbons (Fsp3) is 0.529. The third kappa shape index (κ3) is 2.51. The van der Waals surface area contributed by atoms with Crippen LogP contribution < -0.4 is 5.32 Å². The Morgan fingerprint density at radius 3 is 2.70 bits per heavy atom. The minimum Gasteiger partial charge on any atom is -0.375 e. The molecule has 3 heterocycles. The van der Waals surface area contributed by atoms with E-state index in [0.29, 0.717) is 24.3 Å². The number of halogens is 1. The molecule has 2 fully saturated rings. The maximum absolute atomic E-state index is 13.6. The number of carbonyl (C=O) groups excluding carboxylic acids is 2. The van der Waals surface area contributed by atoms with E-state index in [1.807, 2.05) is 0 Å². The maximum Gasteiger partial charge on any atom is 0.230 e. The second-order valence-electron chi connectivity index (χ2n) is 6.64. The molecule has 0 aromatic heterocycles. The van der Waals surface area contributed by atoms with Gasteiger partial charge in [0.2, 0.25) is 11.8 Å². The van der Waals surface area contributed by atoms with Crippen LogP contribution in [0.4, 0.5) is 10.1 Å². The number of anilines is 1. The number of rotatable bonds is 1. The number of carbonyl (C=O) groups is 2. The molecule has 6 heteroatoms. The summed E-state index contributed by atoms with van der Waals surface area (Å²) in [5, 5.41) is 2.71. The summed E-state index contributed by atoms with van der Waals surface area (Å²) in [7, 11) is 0. The zero-order valence-electron chi connectivity index (χ0n) is 12.8. The minimum absolute atomic E-state index is 0.0231. The van der Waals surface area contributed by atoms with Gasteiger partial charge in [0.25, 0.3) is 0 Å². The first-order valence-corrected chi connectivity index (χ1v) is 8.08. The number of ether oxygens (including phenoxy) is 1. The highest BCUT2D eigenvalue weighted by molar-refractivity contribution is 6.01. The zero-order valence-corrected chi connectivity index (χ0v) is 12.8. The van der Waals surface area contributed by atoms with Gasteiger partial charge in [-0.1, -0.05) is 0 Å². The zero-order chi connectivity index (χ0) is 16.0. The Labute approximate surface area is 133 Å². The van der Waals surface area contributed by atoms with Crippen LogP contribution in [0, 0.1) is 5.82 Å². The van der Waals surface area contributed by atoms with Gasteiger partial charge in [0.15, 0.2) is 0 Å². The van der Waals surface area contributed by atoms with Crippen LogP contribution in [0.2, 0.25) is 0 Å². The van der Waals surface area contributed by atoms with Gasteiger partial charge in [-0.2, -0.15) is 0 Å². The number of nitrogens with zero attached hydrogens (tertiary/aromatic N) is 1. The Hall–Kier alpha value is -1.95. The van der Waals surface area contributed by atoms with E-state index in [2.05, 4.69) is 5.32 Å². The smallest absolute Gasteiger partial charge is 0.230 e. The first-order chi connectivity index (χ1) is 11.1. The van der Waals surface area contributed by atoms with Gasteiger partial charge in [0, 0.05) is 25.2 Å². The van der Waals surface area contributed by atoms with Crippen LogP contribution in [0.5, 0.6) is 0 Å². The van der Waals surface area contributed by atoms with Crippen LogP contribution in [-0.4, -0.2) is 42.0 Å². The van der Waals surface area contributed by atoms with Crippen molar-refractivity contribution in [1.29, 1.82) is 0 Å². The second kappa shape index (κ2) is 5.30. The molecule has 2 saturated heterocycles. The number of amides is 2. The van der Waals surface area contributed by atoms with Crippen molar-refractivity contribution in [2.24, 2.45) is 0 Å². The average molecular weight is 318 g/mol.